The van der Waals surface area contributed by atoms with E-state index in [1.54, 1.807) is 0 Å². The molecular formula is C7H6Cl2N4O. The van der Waals surface area contributed by atoms with E-state index in [1.807, 2.05) is 0 Å². The first-order valence-corrected chi connectivity index (χ1v) is 4.65. The first kappa shape index (κ1) is 9.64. The van der Waals surface area contributed by atoms with Gasteiger partial charge in [0.25, 0.3) is 0 Å². The quantitative estimate of drug-likeness (QED) is 0.603. The largest absolute Gasteiger partial charge is 0.396 e. The molecule has 0 saturated carbocycles. The fourth-order valence-corrected chi connectivity index (χ4v) is 1.53. The number of aromatic amines is 1. The molecule has 2 rings (SSSR count). The average Bonchev–Trinajstić information content (AvgIpc) is 2.48. The van der Waals surface area contributed by atoms with E-state index in [0.29, 0.717) is 23.4 Å². The van der Waals surface area contributed by atoms with Crippen LogP contribution >= 0.6 is 23.2 Å². The van der Waals surface area contributed by atoms with Gasteiger partial charge < -0.3 is 10.1 Å². The molecule has 14 heavy (non-hydrogen) atoms. The van der Waals surface area contributed by atoms with E-state index in [0.717, 1.165) is 0 Å². The lowest BCUT2D eigenvalue weighted by Crippen LogP contribution is -1.91. The average molecular weight is 233 g/mol. The van der Waals surface area contributed by atoms with Crippen molar-refractivity contribution in [1.82, 2.24) is 19.9 Å². The van der Waals surface area contributed by atoms with Crippen LogP contribution in [0.5, 0.6) is 0 Å². The molecule has 2 N–H and O–H groups in total. The van der Waals surface area contributed by atoms with Gasteiger partial charge in [0.05, 0.1) is 6.61 Å². The first-order valence-electron chi connectivity index (χ1n) is 3.89. The minimum Gasteiger partial charge on any atom is -0.396 e. The standard InChI is InChI=1S/C7H6Cl2N4O/c8-5-4-6(13-7(9)12-5)11-3(10-4)1-2-14/h14H,1-2H2,(H,10,11,12,13). The second kappa shape index (κ2) is 3.68. The van der Waals surface area contributed by atoms with E-state index in [4.69, 9.17) is 28.3 Å². The molecule has 2 aromatic heterocycles. The van der Waals surface area contributed by atoms with E-state index < -0.39 is 0 Å². The number of hydrogen-bond acceptors (Lipinski definition) is 4. The summed E-state index contributed by atoms with van der Waals surface area (Å²) in [5, 5.41) is 9.01. The Labute approximate surface area is 89.1 Å². The Balaban J connectivity index is 2.58. The molecule has 74 valence electrons. The molecule has 5 nitrogen and oxygen atoms in total. The van der Waals surface area contributed by atoms with Crippen LogP contribution in [0.15, 0.2) is 0 Å². The normalized spacial score (nSPS) is 11.1. The molecule has 0 spiro atoms. The molecule has 0 atom stereocenters. The van der Waals surface area contributed by atoms with Crippen LogP contribution in [0.3, 0.4) is 0 Å². The summed E-state index contributed by atoms with van der Waals surface area (Å²) in [6, 6.07) is 0. The number of imidazole rings is 1. The number of fused-ring (bicyclic) bond motifs is 1. The van der Waals surface area contributed by atoms with Gasteiger partial charge in [0.15, 0.2) is 10.8 Å². The van der Waals surface area contributed by atoms with Crippen molar-refractivity contribution >= 4 is 34.4 Å². The molecule has 0 saturated heterocycles. The van der Waals surface area contributed by atoms with Crippen molar-refractivity contribution in [1.29, 1.82) is 0 Å². The molecule has 0 unspecified atom stereocenters. The van der Waals surface area contributed by atoms with Crippen molar-refractivity contribution in [3.8, 4) is 0 Å². The fourth-order valence-electron chi connectivity index (χ4n) is 1.11. The molecule has 2 aromatic rings. The van der Waals surface area contributed by atoms with Crippen molar-refractivity contribution in [2.24, 2.45) is 0 Å². The predicted molar refractivity (Wildman–Crippen MR) is 52.5 cm³/mol. The van der Waals surface area contributed by atoms with Crippen LogP contribution in [-0.2, 0) is 6.42 Å². The highest BCUT2D eigenvalue weighted by molar-refractivity contribution is 6.35. The second-order valence-corrected chi connectivity index (χ2v) is 3.34. The van der Waals surface area contributed by atoms with Crippen LogP contribution < -0.4 is 0 Å². The smallest absolute Gasteiger partial charge is 0.225 e. The summed E-state index contributed by atoms with van der Waals surface area (Å²) in [7, 11) is 0. The SMILES string of the molecule is OCCc1nc2nc(Cl)nc(Cl)c2[nH]1. The summed E-state index contributed by atoms with van der Waals surface area (Å²) in [5.74, 6) is 0.612. The topological polar surface area (TPSA) is 74.7 Å². The monoisotopic (exact) mass is 232 g/mol. The fraction of sp³-hybridized carbons (Fsp3) is 0.286. The van der Waals surface area contributed by atoms with Gasteiger partial charge in [-0.1, -0.05) is 11.6 Å². The van der Waals surface area contributed by atoms with Crippen LogP contribution in [0.25, 0.3) is 11.2 Å². The molecule has 7 heteroatoms. The Hall–Kier alpha value is -0.910. The van der Waals surface area contributed by atoms with Gasteiger partial charge in [0.1, 0.15) is 11.3 Å². The van der Waals surface area contributed by atoms with Crippen molar-refractivity contribution in [2.75, 3.05) is 6.61 Å². The zero-order valence-corrected chi connectivity index (χ0v) is 8.47. The molecule has 0 aliphatic heterocycles. The maximum Gasteiger partial charge on any atom is 0.225 e. The summed E-state index contributed by atoms with van der Waals surface area (Å²) < 4.78 is 0. The van der Waals surface area contributed by atoms with Crippen LogP contribution in [0.4, 0.5) is 0 Å². The van der Waals surface area contributed by atoms with Crippen molar-refractivity contribution in [3.63, 3.8) is 0 Å². The molecule has 0 amide bonds. The summed E-state index contributed by atoms with van der Waals surface area (Å²) in [6.07, 6.45) is 0.421. The second-order valence-electron chi connectivity index (χ2n) is 2.64. The molecule has 0 radical (unpaired) electrons. The van der Waals surface area contributed by atoms with Gasteiger partial charge in [-0.25, -0.2) is 9.97 Å². The molecule has 0 bridgehead atoms. The van der Waals surface area contributed by atoms with Gasteiger partial charge in [-0.3, -0.25) is 0 Å². The highest BCUT2D eigenvalue weighted by Gasteiger charge is 2.09. The summed E-state index contributed by atoms with van der Waals surface area (Å²) in [5.41, 5.74) is 0.956. The number of aromatic nitrogens is 4. The minimum atomic E-state index is 0.0125. The van der Waals surface area contributed by atoms with Gasteiger partial charge in [-0.05, 0) is 11.6 Å². The lowest BCUT2D eigenvalue weighted by atomic mass is 10.4. The summed E-state index contributed by atoms with van der Waals surface area (Å²) in [4.78, 5) is 14.6. The number of aliphatic hydroxyl groups is 1. The maximum atomic E-state index is 8.71. The Bertz CT molecular complexity index is 470. The number of H-pyrrole nitrogens is 1. The van der Waals surface area contributed by atoms with Gasteiger partial charge in [0, 0.05) is 6.42 Å². The van der Waals surface area contributed by atoms with Crippen LogP contribution in [0, 0.1) is 0 Å². The van der Waals surface area contributed by atoms with Gasteiger partial charge in [-0.2, -0.15) is 4.98 Å². The van der Waals surface area contributed by atoms with Gasteiger partial charge >= 0.3 is 0 Å². The lowest BCUT2D eigenvalue weighted by Gasteiger charge is -1.91. The zero-order chi connectivity index (χ0) is 10.1. The zero-order valence-electron chi connectivity index (χ0n) is 6.96. The van der Waals surface area contributed by atoms with Crippen molar-refractivity contribution in [2.45, 2.75) is 6.42 Å². The Morgan fingerprint density at radius 2 is 2.00 bits per heavy atom. The first-order chi connectivity index (χ1) is 6.70. The molecule has 0 aliphatic rings. The van der Waals surface area contributed by atoms with Crippen molar-refractivity contribution in [3.05, 3.63) is 16.3 Å². The van der Waals surface area contributed by atoms with Crippen LogP contribution in [-0.4, -0.2) is 31.6 Å². The number of nitrogens with one attached hydrogen (secondary N) is 1. The molecule has 0 fully saturated rings. The Kier molecular flexibility index (Phi) is 2.54. The third-order valence-electron chi connectivity index (χ3n) is 1.68. The maximum absolute atomic E-state index is 8.71. The van der Waals surface area contributed by atoms with Gasteiger partial charge in [-0.15, -0.1) is 0 Å². The highest BCUT2D eigenvalue weighted by Crippen LogP contribution is 2.19. The Morgan fingerprint density at radius 1 is 1.21 bits per heavy atom. The molecular weight excluding hydrogens is 227 g/mol. The number of aliphatic hydroxyl groups excluding tert-OH is 1. The lowest BCUT2D eigenvalue weighted by molar-refractivity contribution is 0.297. The number of rotatable bonds is 2. The van der Waals surface area contributed by atoms with Crippen molar-refractivity contribution < 1.29 is 5.11 Å². The summed E-state index contributed by atoms with van der Waals surface area (Å²) in [6.45, 7) is 0.0125. The number of nitrogens with zero attached hydrogens (tertiary/aromatic N) is 3. The van der Waals surface area contributed by atoms with E-state index in [1.165, 1.54) is 0 Å². The van der Waals surface area contributed by atoms with E-state index >= 15 is 0 Å². The molecule has 0 aromatic carbocycles. The highest BCUT2D eigenvalue weighted by atomic mass is 35.5. The van der Waals surface area contributed by atoms with Crippen LogP contribution in [0.2, 0.25) is 10.4 Å². The number of hydrogen-bond donors (Lipinski definition) is 2. The summed E-state index contributed by atoms with van der Waals surface area (Å²) >= 11 is 11.4. The van der Waals surface area contributed by atoms with Crippen LogP contribution in [0.1, 0.15) is 5.82 Å². The van der Waals surface area contributed by atoms with E-state index in [9.17, 15) is 0 Å². The van der Waals surface area contributed by atoms with Gasteiger partial charge in [0.2, 0.25) is 5.28 Å². The predicted octanol–water partition coefficient (Wildman–Crippen LogP) is 1.19. The molecule has 2 heterocycles. The Morgan fingerprint density at radius 3 is 2.71 bits per heavy atom. The minimum absolute atomic E-state index is 0.0125. The third kappa shape index (κ3) is 1.66. The van der Waals surface area contributed by atoms with E-state index in [2.05, 4.69) is 19.9 Å². The number of halogens is 2. The van der Waals surface area contributed by atoms with E-state index in [-0.39, 0.29) is 17.0 Å². The third-order valence-corrected chi connectivity index (χ3v) is 2.12. The molecule has 0 aliphatic carbocycles.